The molecule has 20 heavy (non-hydrogen) atoms. The van der Waals surface area contributed by atoms with Gasteiger partial charge in [-0.3, -0.25) is 4.57 Å². The standard InChI is InChI=1S/C16H35O3P/c1-4-7-8-9-10-11-12-13-14-15-16(5-2,6-3)20(17,18)19/h4-15H2,1-3H3,(H2,17,18,19). The first-order chi connectivity index (χ1) is 9.43. The Bertz CT molecular complexity index is 269. The molecule has 3 nitrogen and oxygen atoms in total. The van der Waals surface area contributed by atoms with Gasteiger partial charge in [0.15, 0.2) is 0 Å². The lowest BCUT2D eigenvalue weighted by atomic mass is 9.94. The van der Waals surface area contributed by atoms with Crippen LogP contribution in [-0.4, -0.2) is 14.9 Å². The SMILES string of the molecule is CCCCCCCCCCCC(CC)(CC)P(=O)(O)O. The van der Waals surface area contributed by atoms with Crippen molar-refractivity contribution in [1.29, 1.82) is 0 Å². The molecule has 0 radical (unpaired) electrons. The molecule has 0 aliphatic carbocycles. The molecule has 0 aliphatic rings. The zero-order valence-corrected chi connectivity index (χ0v) is 14.6. The zero-order chi connectivity index (χ0) is 15.5. The van der Waals surface area contributed by atoms with Gasteiger partial charge in [0.05, 0.1) is 5.16 Å². The summed E-state index contributed by atoms with van der Waals surface area (Å²) in [7, 11) is -3.98. The van der Waals surface area contributed by atoms with Crippen molar-refractivity contribution >= 4 is 7.60 Å². The Balaban J connectivity index is 3.79. The van der Waals surface area contributed by atoms with Gasteiger partial charge in [-0.1, -0.05) is 78.6 Å². The quantitative estimate of drug-likeness (QED) is 0.342. The van der Waals surface area contributed by atoms with E-state index in [1.54, 1.807) is 0 Å². The molecule has 0 aliphatic heterocycles. The van der Waals surface area contributed by atoms with Crippen LogP contribution in [0.1, 0.15) is 97.8 Å². The number of hydrogen-bond acceptors (Lipinski definition) is 1. The second-order valence-corrected chi connectivity index (χ2v) is 8.09. The minimum Gasteiger partial charge on any atom is -0.324 e. The average molecular weight is 306 g/mol. The first-order valence-electron chi connectivity index (χ1n) is 8.49. The monoisotopic (exact) mass is 306 g/mol. The maximum atomic E-state index is 11.7. The van der Waals surface area contributed by atoms with E-state index in [9.17, 15) is 14.4 Å². The maximum Gasteiger partial charge on any atom is 0.331 e. The van der Waals surface area contributed by atoms with E-state index in [1.165, 1.54) is 44.9 Å². The smallest absolute Gasteiger partial charge is 0.324 e. The summed E-state index contributed by atoms with van der Waals surface area (Å²) in [6, 6.07) is 0. The van der Waals surface area contributed by atoms with Crippen molar-refractivity contribution in [3.05, 3.63) is 0 Å². The van der Waals surface area contributed by atoms with Crippen LogP contribution in [0.5, 0.6) is 0 Å². The third-order valence-corrected chi connectivity index (χ3v) is 6.77. The highest BCUT2D eigenvalue weighted by Gasteiger charge is 2.42. The van der Waals surface area contributed by atoms with Crippen LogP contribution in [0.2, 0.25) is 0 Å². The minimum atomic E-state index is -3.98. The van der Waals surface area contributed by atoms with Crippen LogP contribution in [0.15, 0.2) is 0 Å². The predicted octanol–water partition coefficient (Wildman–Crippen LogP) is 5.64. The molecule has 0 heterocycles. The van der Waals surface area contributed by atoms with E-state index in [0.29, 0.717) is 19.3 Å². The van der Waals surface area contributed by atoms with Gasteiger partial charge in [0.25, 0.3) is 0 Å². The van der Waals surface area contributed by atoms with Crippen molar-refractivity contribution in [2.75, 3.05) is 0 Å². The molecule has 0 saturated heterocycles. The van der Waals surface area contributed by atoms with E-state index in [1.807, 2.05) is 13.8 Å². The average Bonchev–Trinajstić information content (AvgIpc) is 2.40. The van der Waals surface area contributed by atoms with Gasteiger partial charge in [0, 0.05) is 0 Å². The molecule has 0 saturated carbocycles. The molecular formula is C16H35O3P. The molecular weight excluding hydrogens is 271 g/mol. The summed E-state index contributed by atoms with van der Waals surface area (Å²) < 4.78 is 11.7. The lowest BCUT2D eigenvalue weighted by molar-refractivity contribution is 0.300. The van der Waals surface area contributed by atoms with Gasteiger partial charge >= 0.3 is 7.60 Å². The van der Waals surface area contributed by atoms with Crippen LogP contribution >= 0.6 is 7.60 Å². The third-order valence-electron chi connectivity index (χ3n) is 4.68. The van der Waals surface area contributed by atoms with Gasteiger partial charge in [-0.2, -0.15) is 0 Å². The highest BCUT2D eigenvalue weighted by Crippen LogP contribution is 2.57. The van der Waals surface area contributed by atoms with Gasteiger partial charge < -0.3 is 9.79 Å². The lowest BCUT2D eigenvalue weighted by Gasteiger charge is -2.32. The molecule has 122 valence electrons. The molecule has 2 N–H and O–H groups in total. The molecule has 4 heteroatoms. The third kappa shape index (κ3) is 7.24. The summed E-state index contributed by atoms with van der Waals surface area (Å²) in [5, 5.41) is -0.770. The maximum absolute atomic E-state index is 11.7. The van der Waals surface area contributed by atoms with Crippen molar-refractivity contribution in [2.45, 2.75) is 103 Å². The summed E-state index contributed by atoms with van der Waals surface area (Å²) in [5.74, 6) is 0. The highest BCUT2D eigenvalue weighted by atomic mass is 31.2. The molecule has 0 fully saturated rings. The Morgan fingerprint density at radius 3 is 1.50 bits per heavy atom. The normalized spacial score (nSPS) is 12.8. The molecule has 0 rings (SSSR count). The van der Waals surface area contributed by atoms with Gasteiger partial charge in [0.1, 0.15) is 0 Å². The van der Waals surface area contributed by atoms with Crippen molar-refractivity contribution < 1.29 is 14.4 Å². The molecule has 0 aromatic rings. The summed E-state index contributed by atoms with van der Waals surface area (Å²) in [4.78, 5) is 19.1. The number of rotatable bonds is 13. The summed E-state index contributed by atoms with van der Waals surface area (Å²) in [6.07, 6.45) is 13.0. The first kappa shape index (κ1) is 20.1. The molecule has 0 aromatic carbocycles. The molecule has 0 atom stereocenters. The van der Waals surface area contributed by atoms with Crippen molar-refractivity contribution in [1.82, 2.24) is 0 Å². The van der Waals surface area contributed by atoms with Crippen molar-refractivity contribution in [3.8, 4) is 0 Å². The number of unbranched alkanes of at least 4 members (excludes halogenated alkanes) is 8. The molecule has 0 bridgehead atoms. The van der Waals surface area contributed by atoms with Gasteiger partial charge in [-0.15, -0.1) is 0 Å². The Morgan fingerprint density at radius 2 is 1.15 bits per heavy atom. The van der Waals surface area contributed by atoms with E-state index in [0.717, 1.165) is 12.8 Å². The fraction of sp³-hybridized carbons (Fsp3) is 1.00. The Labute approximate surface area is 125 Å². The summed E-state index contributed by atoms with van der Waals surface area (Å²) in [6.45, 7) is 6.03. The fourth-order valence-corrected chi connectivity index (χ4v) is 4.20. The first-order valence-corrected chi connectivity index (χ1v) is 10.1. The van der Waals surface area contributed by atoms with Crippen molar-refractivity contribution in [2.24, 2.45) is 0 Å². The Hall–Kier alpha value is 0.150. The van der Waals surface area contributed by atoms with Crippen molar-refractivity contribution in [3.63, 3.8) is 0 Å². The van der Waals surface area contributed by atoms with E-state index in [2.05, 4.69) is 6.92 Å². The second-order valence-electron chi connectivity index (χ2n) is 6.05. The van der Waals surface area contributed by atoms with Crippen LogP contribution in [0.25, 0.3) is 0 Å². The summed E-state index contributed by atoms with van der Waals surface area (Å²) >= 11 is 0. The van der Waals surface area contributed by atoms with Crippen LogP contribution in [0, 0.1) is 0 Å². The number of hydrogen-bond donors (Lipinski definition) is 2. The van der Waals surface area contributed by atoms with Crippen LogP contribution in [0.3, 0.4) is 0 Å². The Morgan fingerprint density at radius 1 is 0.750 bits per heavy atom. The zero-order valence-electron chi connectivity index (χ0n) is 13.7. The largest absolute Gasteiger partial charge is 0.331 e. The topological polar surface area (TPSA) is 57.5 Å². The summed E-state index contributed by atoms with van der Waals surface area (Å²) in [5.41, 5.74) is 0. The van der Waals surface area contributed by atoms with Crippen LogP contribution in [-0.2, 0) is 4.57 Å². The second kappa shape index (κ2) is 10.8. The molecule has 0 aromatic heterocycles. The van der Waals surface area contributed by atoms with E-state index in [-0.39, 0.29) is 0 Å². The van der Waals surface area contributed by atoms with E-state index < -0.39 is 12.8 Å². The van der Waals surface area contributed by atoms with Crippen LogP contribution < -0.4 is 0 Å². The minimum absolute atomic E-state index is 0.574. The molecule has 0 amide bonds. The Kier molecular flexibility index (Phi) is 10.9. The fourth-order valence-electron chi connectivity index (χ4n) is 2.93. The predicted molar refractivity (Wildman–Crippen MR) is 87.2 cm³/mol. The molecule has 0 spiro atoms. The van der Waals surface area contributed by atoms with Gasteiger partial charge in [-0.05, 0) is 19.3 Å². The van der Waals surface area contributed by atoms with Gasteiger partial charge in [0.2, 0.25) is 0 Å². The van der Waals surface area contributed by atoms with E-state index >= 15 is 0 Å². The van der Waals surface area contributed by atoms with Gasteiger partial charge in [-0.25, -0.2) is 0 Å². The molecule has 0 unspecified atom stereocenters. The lowest BCUT2D eigenvalue weighted by Crippen LogP contribution is -2.27. The van der Waals surface area contributed by atoms with E-state index in [4.69, 9.17) is 0 Å². The van der Waals surface area contributed by atoms with Crippen LogP contribution in [0.4, 0.5) is 0 Å². The highest BCUT2D eigenvalue weighted by molar-refractivity contribution is 7.53.